The summed E-state index contributed by atoms with van der Waals surface area (Å²) in [5.41, 5.74) is 6.17. The van der Waals surface area contributed by atoms with E-state index >= 15 is 0 Å². The van der Waals surface area contributed by atoms with Gasteiger partial charge in [0.1, 0.15) is 11.5 Å². The van der Waals surface area contributed by atoms with Gasteiger partial charge in [-0.2, -0.15) is 5.10 Å². The number of hydrogen-bond acceptors (Lipinski definition) is 9. The van der Waals surface area contributed by atoms with Gasteiger partial charge in [-0.25, -0.2) is 14.7 Å². The number of aryl methyl sites for hydroxylation is 1. The molecule has 5 aromatic rings. The number of rotatable bonds is 7. The number of ether oxygens (including phenoxy) is 4. The van der Waals surface area contributed by atoms with E-state index < -0.39 is 0 Å². The van der Waals surface area contributed by atoms with E-state index in [0.717, 1.165) is 45.4 Å². The largest absolute Gasteiger partial charge is 0.497 e. The number of methoxy groups -OCH3 is 4. The van der Waals surface area contributed by atoms with Crippen LogP contribution < -0.4 is 29.2 Å². The molecule has 226 valence electrons. The third kappa shape index (κ3) is 4.71. The molecule has 0 saturated carbocycles. The number of hydrogen-bond donors (Lipinski definition) is 1. The van der Waals surface area contributed by atoms with Gasteiger partial charge in [-0.3, -0.25) is 0 Å². The minimum atomic E-state index is -0.323. The third-order valence-electron chi connectivity index (χ3n) is 8.02. The number of benzene rings is 4. The summed E-state index contributed by atoms with van der Waals surface area (Å²) in [6.07, 6.45) is 0. The molecule has 10 heteroatoms. The summed E-state index contributed by atoms with van der Waals surface area (Å²) >= 11 is 0. The Labute approximate surface area is 261 Å². The first-order valence-electron chi connectivity index (χ1n) is 14.5. The van der Waals surface area contributed by atoms with E-state index in [2.05, 4.69) is 22.3 Å². The zero-order chi connectivity index (χ0) is 31.1. The van der Waals surface area contributed by atoms with Crippen LogP contribution in [-0.4, -0.2) is 49.9 Å². The first-order chi connectivity index (χ1) is 22.0. The summed E-state index contributed by atoms with van der Waals surface area (Å²) in [5.74, 6) is 4.50. The Balaban J connectivity index is 1.48. The Kier molecular flexibility index (Phi) is 7.09. The van der Waals surface area contributed by atoms with Crippen LogP contribution in [-0.2, 0) is 0 Å². The molecule has 10 nitrogen and oxygen atoms in total. The van der Waals surface area contributed by atoms with E-state index in [4.69, 9.17) is 34.0 Å². The van der Waals surface area contributed by atoms with Gasteiger partial charge in [0.25, 0.3) is 0 Å². The molecule has 3 heterocycles. The molecular weight excluding hydrogens is 568 g/mol. The van der Waals surface area contributed by atoms with Crippen molar-refractivity contribution in [2.45, 2.75) is 13.0 Å². The molecule has 7 rings (SSSR count). The van der Waals surface area contributed by atoms with Crippen LogP contribution in [0.4, 0.5) is 22.9 Å². The predicted octanol–water partition coefficient (Wildman–Crippen LogP) is 7.01. The topological polar surface area (TPSA) is 94.7 Å². The molecule has 1 aromatic heterocycles. The van der Waals surface area contributed by atoms with E-state index in [1.807, 2.05) is 90.5 Å². The summed E-state index contributed by atoms with van der Waals surface area (Å²) in [6.45, 7) is 2.03. The maximum absolute atomic E-state index is 5.76. The quantitative estimate of drug-likeness (QED) is 0.215. The van der Waals surface area contributed by atoms with E-state index in [1.54, 1.807) is 28.4 Å². The highest BCUT2D eigenvalue weighted by atomic mass is 16.5. The van der Waals surface area contributed by atoms with Crippen LogP contribution in [0.15, 0.2) is 101 Å². The van der Waals surface area contributed by atoms with Crippen LogP contribution in [0.2, 0.25) is 0 Å². The fraction of sp³-hybridized carbons (Fsp3) is 0.171. The van der Waals surface area contributed by atoms with E-state index in [0.29, 0.717) is 34.7 Å². The first-order valence-corrected chi connectivity index (χ1v) is 14.5. The number of anilines is 2. The molecule has 0 bridgehead atoms. The molecule has 1 N–H and O–H groups in total. The summed E-state index contributed by atoms with van der Waals surface area (Å²) < 4.78 is 24.4. The fourth-order valence-electron chi connectivity index (χ4n) is 5.91. The van der Waals surface area contributed by atoms with Crippen LogP contribution in [0.5, 0.6) is 23.0 Å². The first kappa shape index (κ1) is 28.0. The monoisotopic (exact) mass is 600 g/mol. The number of fused-ring (bicyclic) bond motifs is 4. The molecule has 4 aromatic carbocycles. The summed E-state index contributed by atoms with van der Waals surface area (Å²) in [4.78, 5) is 12.6. The second-order valence-corrected chi connectivity index (χ2v) is 10.5. The van der Waals surface area contributed by atoms with E-state index in [9.17, 15) is 0 Å². The van der Waals surface area contributed by atoms with Crippen molar-refractivity contribution in [3.8, 4) is 28.7 Å². The molecule has 0 aliphatic carbocycles. The average Bonchev–Trinajstić information content (AvgIpc) is 3.43. The van der Waals surface area contributed by atoms with Gasteiger partial charge in [-0.05, 0) is 61.0 Å². The number of nitrogens with zero attached hydrogens (tertiary/aromatic N) is 5. The Morgan fingerprint density at radius 1 is 0.711 bits per heavy atom. The third-order valence-corrected chi connectivity index (χ3v) is 8.02. The number of aliphatic imine (C=N–C) groups is 2. The Hall–Kier alpha value is -5.77. The van der Waals surface area contributed by atoms with Gasteiger partial charge in [-0.15, -0.1) is 0 Å². The standard InChI is InChI=1S/C35H32N6O4/c1-21-31-32(22-15-18-28(43-3)30(19-22)45-5)40-27-14-10-9-13-25(27)36-33(37-26-17-16-24(42-2)20-29(26)44-4)35(40)38-34(31)41(39-21)23-11-7-6-8-12-23/h6-20,32H,1-5H3,(H,36,37)/t32-/m1/s1. The molecule has 0 fully saturated rings. The fourth-order valence-corrected chi connectivity index (χ4v) is 5.91. The SMILES string of the molecule is COc1ccc(NC2=Nc3ccccc3N3C2=Nc2c(c(C)nn2-c2ccccc2)[C@H]3c2ccc(OC)c(OC)c2)c(OC)c1. The Morgan fingerprint density at radius 2 is 1.47 bits per heavy atom. The number of aromatic nitrogens is 2. The van der Waals surface area contributed by atoms with Gasteiger partial charge < -0.3 is 29.2 Å². The maximum atomic E-state index is 5.76. The van der Waals surface area contributed by atoms with Crippen LogP contribution in [0.1, 0.15) is 22.9 Å². The second kappa shape index (κ2) is 11.4. The van der Waals surface area contributed by atoms with Crippen LogP contribution in [0.25, 0.3) is 5.69 Å². The van der Waals surface area contributed by atoms with Gasteiger partial charge in [-0.1, -0.05) is 36.4 Å². The molecular formula is C35H32N6O4. The summed E-state index contributed by atoms with van der Waals surface area (Å²) in [5, 5.41) is 8.54. The molecule has 0 amide bonds. The van der Waals surface area contributed by atoms with Crippen molar-refractivity contribution >= 4 is 34.6 Å². The number of para-hydroxylation sites is 3. The smallest absolute Gasteiger partial charge is 0.179 e. The van der Waals surface area contributed by atoms with Gasteiger partial charge in [0.15, 0.2) is 29.0 Å². The molecule has 0 spiro atoms. The van der Waals surface area contributed by atoms with Gasteiger partial charge in [0, 0.05) is 11.6 Å². The zero-order valence-corrected chi connectivity index (χ0v) is 25.6. The molecule has 1 atom stereocenters. The Morgan fingerprint density at radius 3 is 2.22 bits per heavy atom. The van der Waals surface area contributed by atoms with Crippen molar-refractivity contribution in [1.29, 1.82) is 0 Å². The molecule has 0 saturated heterocycles. The van der Waals surface area contributed by atoms with Crippen LogP contribution >= 0.6 is 0 Å². The highest BCUT2D eigenvalue weighted by Gasteiger charge is 2.42. The Bertz CT molecular complexity index is 1970. The lowest BCUT2D eigenvalue weighted by Gasteiger charge is -2.40. The zero-order valence-electron chi connectivity index (χ0n) is 25.6. The van der Waals surface area contributed by atoms with Crippen molar-refractivity contribution in [2.24, 2.45) is 9.98 Å². The van der Waals surface area contributed by atoms with Gasteiger partial charge >= 0.3 is 0 Å². The number of nitrogens with one attached hydrogen (secondary N) is 1. The normalized spacial score (nSPS) is 14.8. The lowest BCUT2D eigenvalue weighted by molar-refractivity contribution is 0.354. The van der Waals surface area contributed by atoms with Gasteiger partial charge in [0.05, 0.1) is 62.9 Å². The molecule has 0 unspecified atom stereocenters. The molecule has 0 radical (unpaired) electrons. The van der Waals surface area contributed by atoms with Crippen molar-refractivity contribution in [3.63, 3.8) is 0 Å². The predicted molar refractivity (Wildman–Crippen MR) is 176 cm³/mol. The van der Waals surface area contributed by atoms with Crippen molar-refractivity contribution in [2.75, 3.05) is 38.7 Å². The second-order valence-electron chi connectivity index (χ2n) is 10.5. The van der Waals surface area contributed by atoms with Gasteiger partial charge in [0.2, 0.25) is 0 Å². The van der Waals surface area contributed by atoms with Crippen molar-refractivity contribution in [3.05, 3.63) is 108 Å². The summed E-state index contributed by atoms with van der Waals surface area (Å²) in [7, 11) is 6.54. The highest BCUT2D eigenvalue weighted by Crippen LogP contribution is 2.49. The van der Waals surface area contributed by atoms with Crippen molar-refractivity contribution < 1.29 is 18.9 Å². The lowest BCUT2D eigenvalue weighted by atomic mass is 9.93. The summed E-state index contributed by atoms with van der Waals surface area (Å²) in [6, 6.07) is 29.4. The highest BCUT2D eigenvalue weighted by molar-refractivity contribution is 6.51. The molecule has 2 aliphatic heterocycles. The average molecular weight is 601 g/mol. The van der Waals surface area contributed by atoms with E-state index in [-0.39, 0.29) is 6.04 Å². The minimum absolute atomic E-state index is 0.323. The maximum Gasteiger partial charge on any atom is 0.179 e. The minimum Gasteiger partial charge on any atom is -0.497 e. The van der Waals surface area contributed by atoms with E-state index in [1.165, 1.54) is 0 Å². The van der Waals surface area contributed by atoms with Crippen molar-refractivity contribution in [1.82, 2.24) is 9.78 Å². The lowest BCUT2D eigenvalue weighted by Crippen LogP contribution is -2.46. The molecule has 2 aliphatic rings. The van der Waals surface area contributed by atoms with Crippen LogP contribution in [0, 0.1) is 6.92 Å². The van der Waals surface area contributed by atoms with Crippen LogP contribution in [0.3, 0.4) is 0 Å². The molecule has 45 heavy (non-hydrogen) atoms. The number of amidine groups is 2.